The lowest BCUT2D eigenvalue weighted by molar-refractivity contribution is -0.123. The van der Waals surface area contributed by atoms with Gasteiger partial charge >= 0.3 is 7.82 Å². The minimum absolute atomic E-state index is 0.0739. The molecule has 0 aromatic carbocycles. The third-order valence-electron chi connectivity index (χ3n) is 8.84. The lowest BCUT2D eigenvalue weighted by Gasteiger charge is -2.25. The maximum Gasteiger partial charge on any atom is 0.472 e. The Morgan fingerprint density at radius 2 is 1.06 bits per heavy atom. The monoisotopic (exact) mass is 763 g/mol. The number of hydrogen-bond acceptors (Lipinski definition) is 6. The first-order chi connectivity index (χ1) is 25.9. The van der Waals surface area contributed by atoms with Crippen LogP contribution in [0.1, 0.15) is 168 Å². The maximum atomic E-state index is 12.7. The van der Waals surface area contributed by atoms with Crippen LogP contribution in [0.25, 0.3) is 0 Å². The summed E-state index contributed by atoms with van der Waals surface area (Å²) in [6.07, 6.45) is 50.6. The van der Waals surface area contributed by atoms with Crippen LogP contribution in [0.2, 0.25) is 0 Å². The zero-order valence-corrected chi connectivity index (χ0v) is 34.6. The minimum atomic E-state index is -4.34. The predicted octanol–water partition coefficient (Wildman–Crippen LogP) is 11.7. The number of carbonyl (C=O) groups is 1. The molecule has 0 aliphatic carbocycles. The summed E-state index contributed by atoms with van der Waals surface area (Å²) in [6.45, 7) is 4.02. The molecule has 306 valence electrons. The third-order valence-corrected chi connectivity index (χ3v) is 9.82. The zero-order chi connectivity index (χ0) is 38.9. The lowest BCUT2D eigenvalue weighted by atomic mass is 10.0. The van der Waals surface area contributed by atoms with Crippen LogP contribution in [0.4, 0.5) is 0 Å². The summed E-state index contributed by atoms with van der Waals surface area (Å²) >= 11 is 0. The summed E-state index contributed by atoms with van der Waals surface area (Å²) in [7, 11) is -4.34. The summed E-state index contributed by atoms with van der Waals surface area (Å²) in [4.78, 5) is 22.7. The highest BCUT2D eigenvalue weighted by molar-refractivity contribution is 7.47. The van der Waals surface area contributed by atoms with Gasteiger partial charge in [-0.1, -0.05) is 183 Å². The molecular weight excluding hydrogens is 683 g/mol. The summed E-state index contributed by atoms with van der Waals surface area (Å²) < 4.78 is 22.1. The summed E-state index contributed by atoms with van der Waals surface area (Å²) in [5, 5.41) is 13.7. The zero-order valence-electron chi connectivity index (χ0n) is 33.7. The van der Waals surface area contributed by atoms with E-state index in [9.17, 15) is 19.4 Å². The average molecular weight is 763 g/mol. The standard InChI is InChI=1S/C44H79N2O6P/c1-3-5-7-9-11-13-15-17-19-20-21-22-24-26-28-30-32-34-36-38-44(48)46-42(41-52-53(49,50)51-40-39-45)43(47)37-35-33-31-29-27-25-23-18-16-14-12-10-8-6-4-2/h5,7,11,13,17,19,21-22,26,28,32,34,42-43,47H,3-4,6,8-10,12,14-16,18,20,23-25,27,29-31,33,35-41,45H2,1-2H3,(H,46,48)(H,49,50)/b7-5-,13-11-,19-17-,22-21-,28-26-,34-32-. The number of carbonyl (C=O) groups excluding carboxylic acids is 1. The lowest BCUT2D eigenvalue weighted by Crippen LogP contribution is -2.46. The van der Waals surface area contributed by atoms with E-state index in [0.29, 0.717) is 12.8 Å². The highest BCUT2D eigenvalue weighted by Gasteiger charge is 2.27. The SMILES string of the molecule is CC/C=C\C/C=C\C/C=C\C/C=C\C/C=C\C/C=C\CCC(=O)NC(COP(=O)(O)OCCN)C(O)CCCCCCCCCCCCCCCCC. The number of rotatable bonds is 38. The van der Waals surface area contributed by atoms with Gasteiger partial charge in [-0.2, -0.15) is 0 Å². The van der Waals surface area contributed by atoms with E-state index < -0.39 is 20.0 Å². The van der Waals surface area contributed by atoms with Crippen LogP contribution >= 0.6 is 7.82 Å². The van der Waals surface area contributed by atoms with E-state index in [-0.39, 0.29) is 32.1 Å². The fourth-order valence-electron chi connectivity index (χ4n) is 5.69. The first-order valence-corrected chi connectivity index (χ1v) is 22.5. The molecule has 3 unspecified atom stereocenters. The molecule has 0 aromatic rings. The van der Waals surface area contributed by atoms with Crippen molar-refractivity contribution in [3.05, 3.63) is 72.9 Å². The van der Waals surface area contributed by atoms with Crippen molar-refractivity contribution in [2.75, 3.05) is 19.8 Å². The predicted molar refractivity (Wildman–Crippen MR) is 226 cm³/mol. The normalized spacial score (nSPS) is 14.9. The van der Waals surface area contributed by atoms with Gasteiger partial charge < -0.3 is 21.1 Å². The number of nitrogens with two attached hydrogens (primary N) is 1. The second kappa shape index (κ2) is 39.6. The van der Waals surface area contributed by atoms with Gasteiger partial charge in [-0.15, -0.1) is 0 Å². The minimum Gasteiger partial charge on any atom is -0.391 e. The Hall–Kier alpha value is -2.06. The van der Waals surface area contributed by atoms with E-state index in [1.807, 2.05) is 12.2 Å². The Morgan fingerprint density at radius 1 is 0.642 bits per heavy atom. The van der Waals surface area contributed by atoms with Crippen molar-refractivity contribution in [3.63, 3.8) is 0 Å². The van der Waals surface area contributed by atoms with Crippen molar-refractivity contribution in [2.24, 2.45) is 5.73 Å². The smallest absolute Gasteiger partial charge is 0.391 e. The molecule has 0 radical (unpaired) electrons. The molecule has 5 N–H and O–H groups in total. The number of amides is 1. The van der Waals surface area contributed by atoms with E-state index in [1.165, 1.54) is 77.0 Å². The van der Waals surface area contributed by atoms with Gasteiger partial charge in [0, 0.05) is 13.0 Å². The van der Waals surface area contributed by atoms with Crippen LogP contribution in [-0.4, -0.2) is 47.8 Å². The Labute approximate surface area is 325 Å². The molecule has 1 amide bonds. The number of hydrogen-bond donors (Lipinski definition) is 4. The summed E-state index contributed by atoms with van der Waals surface area (Å²) in [6, 6.07) is -0.818. The third kappa shape index (κ3) is 38.0. The number of nitrogens with one attached hydrogen (secondary N) is 1. The quantitative estimate of drug-likeness (QED) is 0.0280. The molecular formula is C44H79N2O6P. The fourth-order valence-corrected chi connectivity index (χ4v) is 6.45. The van der Waals surface area contributed by atoms with Gasteiger partial charge in [-0.05, 0) is 51.4 Å². The maximum absolute atomic E-state index is 12.7. The number of phosphoric acid groups is 1. The molecule has 0 saturated carbocycles. The molecule has 8 nitrogen and oxygen atoms in total. The van der Waals surface area contributed by atoms with E-state index >= 15 is 0 Å². The molecule has 0 bridgehead atoms. The van der Waals surface area contributed by atoms with Gasteiger partial charge in [0.1, 0.15) is 0 Å². The largest absolute Gasteiger partial charge is 0.472 e. The Balaban J connectivity index is 4.34. The van der Waals surface area contributed by atoms with Crippen molar-refractivity contribution < 1.29 is 28.4 Å². The van der Waals surface area contributed by atoms with E-state index in [2.05, 4.69) is 79.9 Å². The molecule has 0 heterocycles. The molecule has 9 heteroatoms. The number of unbranched alkanes of at least 4 members (excludes halogenated alkanes) is 14. The topological polar surface area (TPSA) is 131 Å². The van der Waals surface area contributed by atoms with Crippen molar-refractivity contribution in [2.45, 2.75) is 180 Å². The molecule has 3 atom stereocenters. The molecule has 0 saturated heterocycles. The molecule has 0 aliphatic rings. The van der Waals surface area contributed by atoms with Crippen molar-refractivity contribution >= 4 is 13.7 Å². The Bertz CT molecular complexity index is 1050. The number of phosphoric ester groups is 1. The number of aliphatic hydroxyl groups is 1. The molecule has 53 heavy (non-hydrogen) atoms. The fraction of sp³-hybridized carbons (Fsp3) is 0.705. The van der Waals surface area contributed by atoms with Gasteiger partial charge in [0.2, 0.25) is 5.91 Å². The van der Waals surface area contributed by atoms with E-state index in [0.717, 1.165) is 57.8 Å². The highest BCUT2D eigenvalue weighted by atomic mass is 31.2. The Morgan fingerprint density at radius 3 is 1.49 bits per heavy atom. The van der Waals surface area contributed by atoms with Crippen LogP contribution in [-0.2, 0) is 18.4 Å². The van der Waals surface area contributed by atoms with Crippen LogP contribution in [0, 0.1) is 0 Å². The van der Waals surface area contributed by atoms with Crippen LogP contribution in [0.5, 0.6) is 0 Å². The summed E-state index contributed by atoms with van der Waals surface area (Å²) in [5.41, 5.74) is 5.37. The van der Waals surface area contributed by atoms with E-state index in [4.69, 9.17) is 14.8 Å². The number of aliphatic hydroxyl groups excluding tert-OH is 1. The van der Waals surface area contributed by atoms with Crippen LogP contribution < -0.4 is 11.1 Å². The molecule has 0 aromatic heterocycles. The average Bonchev–Trinajstić information content (AvgIpc) is 3.14. The number of allylic oxidation sites excluding steroid dienone is 12. The van der Waals surface area contributed by atoms with Crippen molar-refractivity contribution in [1.82, 2.24) is 5.32 Å². The molecule has 0 aliphatic heterocycles. The Kier molecular flexibility index (Phi) is 38.1. The molecule has 0 rings (SSSR count). The van der Waals surface area contributed by atoms with Crippen LogP contribution in [0.15, 0.2) is 72.9 Å². The first-order valence-electron chi connectivity index (χ1n) is 21.1. The van der Waals surface area contributed by atoms with Gasteiger partial charge in [-0.3, -0.25) is 13.8 Å². The summed E-state index contributed by atoms with van der Waals surface area (Å²) in [5.74, 6) is -0.246. The van der Waals surface area contributed by atoms with E-state index in [1.54, 1.807) is 0 Å². The second-order valence-corrected chi connectivity index (χ2v) is 15.3. The van der Waals surface area contributed by atoms with Gasteiger partial charge in [0.05, 0.1) is 25.4 Å². The molecule has 0 fully saturated rings. The molecule has 0 spiro atoms. The van der Waals surface area contributed by atoms with Crippen molar-refractivity contribution in [3.8, 4) is 0 Å². The van der Waals surface area contributed by atoms with Crippen LogP contribution in [0.3, 0.4) is 0 Å². The first kappa shape index (κ1) is 50.9. The van der Waals surface area contributed by atoms with Gasteiger partial charge in [0.15, 0.2) is 0 Å². The second-order valence-electron chi connectivity index (χ2n) is 13.8. The highest BCUT2D eigenvalue weighted by Crippen LogP contribution is 2.43. The van der Waals surface area contributed by atoms with Gasteiger partial charge in [0.25, 0.3) is 0 Å². The van der Waals surface area contributed by atoms with Gasteiger partial charge in [-0.25, -0.2) is 4.57 Å². The van der Waals surface area contributed by atoms with Crippen molar-refractivity contribution in [1.29, 1.82) is 0 Å².